The molecule has 1 unspecified atom stereocenters. The van der Waals surface area contributed by atoms with E-state index in [1.165, 1.54) is 15.3 Å². The summed E-state index contributed by atoms with van der Waals surface area (Å²) in [7, 11) is 0. The summed E-state index contributed by atoms with van der Waals surface area (Å²) in [5.41, 5.74) is 1.67. The molecule has 2 rings (SSSR count). The van der Waals surface area contributed by atoms with Crippen molar-refractivity contribution in [3.63, 3.8) is 0 Å². The van der Waals surface area contributed by atoms with Crippen molar-refractivity contribution in [2.75, 3.05) is 5.32 Å². The van der Waals surface area contributed by atoms with Crippen LogP contribution in [0, 0.1) is 25.2 Å². The van der Waals surface area contributed by atoms with Crippen molar-refractivity contribution in [2.24, 2.45) is 0 Å². The van der Waals surface area contributed by atoms with Gasteiger partial charge in [-0.3, -0.25) is 0 Å². The first-order valence-electron chi connectivity index (χ1n) is 5.91. The van der Waals surface area contributed by atoms with Crippen LogP contribution >= 0.6 is 22.9 Å². The predicted molar refractivity (Wildman–Crippen MR) is 79.8 cm³/mol. The molecule has 0 radical (unpaired) electrons. The molecule has 0 saturated carbocycles. The van der Waals surface area contributed by atoms with Gasteiger partial charge in [-0.15, -0.1) is 11.3 Å². The molecule has 0 bridgehead atoms. The first-order chi connectivity index (χ1) is 9.02. The van der Waals surface area contributed by atoms with E-state index in [0.29, 0.717) is 16.4 Å². The Morgan fingerprint density at radius 1 is 1.47 bits per heavy atom. The quantitative estimate of drug-likeness (QED) is 0.908. The third kappa shape index (κ3) is 2.89. The van der Waals surface area contributed by atoms with Crippen molar-refractivity contribution in [1.29, 1.82) is 5.26 Å². The Bertz CT molecular complexity index is 643. The van der Waals surface area contributed by atoms with E-state index in [2.05, 4.69) is 43.2 Å². The van der Waals surface area contributed by atoms with Crippen LogP contribution in [0.5, 0.6) is 0 Å². The lowest BCUT2D eigenvalue weighted by molar-refractivity contribution is 0.871. The molecular weight excluding hydrogens is 278 g/mol. The normalized spacial score (nSPS) is 11.9. The van der Waals surface area contributed by atoms with Crippen LogP contribution in [-0.2, 0) is 0 Å². The summed E-state index contributed by atoms with van der Waals surface area (Å²) in [6.07, 6.45) is 1.59. The number of thiophene rings is 1. The number of halogens is 1. The maximum absolute atomic E-state index is 8.95. The first-order valence-corrected chi connectivity index (χ1v) is 7.10. The van der Waals surface area contributed by atoms with E-state index >= 15 is 0 Å². The highest BCUT2D eigenvalue weighted by Crippen LogP contribution is 2.31. The molecule has 1 atom stereocenters. The number of pyridine rings is 1. The zero-order valence-electron chi connectivity index (χ0n) is 11.0. The summed E-state index contributed by atoms with van der Waals surface area (Å²) in [6.45, 7) is 6.26. The SMILES string of the molecule is Cc1cc(C(C)Nc2nccc(C#N)c2Cl)c(C)s1. The number of anilines is 1. The van der Waals surface area contributed by atoms with Crippen LogP contribution in [0.4, 0.5) is 5.82 Å². The van der Waals surface area contributed by atoms with Gasteiger partial charge in [-0.1, -0.05) is 11.6 Å². The summed E-state index contributed by atoms with van der Waals surface area (Å²) in [4.78, 5) is 6.76. The largest absolute Gasteiger partial charge is 0.362 e. The molecule has 1 N–H and O–H groups in total. The molecule has 0 aliphatic rings. The van der Waals surface area contributed by atoms with Crippen LogP contribution < -0.4 is 5.32 Å². The fraction of sp³-hybridized carbons (Fsp3) is 0.286. The number of hydrogen-bond acceptors (Lipinski definition) is 4. The second-order valence-corrected chi connectivity index (χ2v) is 6.21. The van der Waals surface area contributed by atoms with E-state index < -0.39 is 0 Å². The Labute approximate surface area is 121 Å². The van der Waals surface area contributed by atoms with E-state index in [4.69, 9.17) is 16.9 Å². The molecule has 98 valence electrons. The van der Waals surface area contributed by atoms with E-state index in [0.717, 1.165) is 0 Å². The van der Waals surface area contributed by atoms with Gasteiger partial charge in [0.15, 0.2) is 0 Å². The highest BCUT2D eigenvalue weighted by Gasteiger charge is 2.14. The van der Waals surface area contributed by atoms with Gasteiger partial charge in [0.1, 0.15) is 16.9 Å². The third-order valence-corrected chi connectivity index (χ3v) is 4.27. The van der Waals surface area contributed by atoms with Crippen LogP contribution in [0.15, 0.2) is 18.3 Å². The van der Waals surface area contributed by atoms with Crippen molar-refractivity contribution in [2.45, 2.75) is 26.8 Å². The van der Waals surface area contributed by atoms with Gasteiger partial charge in [0.05, 0.1) is 11.6 Å². The maximum atomic E-state index is 8.95. The number of rotatable bonds is 3. The number of nitrogens with one attached hydrogen (secondary N) is 1. The average Bonchev–Trinajstić information content (AvgIpc) is 2.71. The molecule has 0 saturated heterocycles. The molecule has 0 aromatic carbocycles. The summed E-state index contributed by atoms with van der Waals surface area (Å²) in [5.74, 6) is 0.552. The van der Waals surface area contributed by atoms with Crippen molar-refractivity contribution >= 4 is 28.8 Å². The summed E-state index contributed by atoms with van der Waals surface area (Å²) >= 11 is 7.91. The Balaban J connectivity index is 2.27. The summed E-state index contributed by atoms with van der Waals surface area (Å²) < 4.78 is 0. The van der Waals surface area contributed by atoms with Crippen molar-refractivity contribution in [3.05, 3.63) is 44.2 Å². The van der Waals surface area contributed by atoms with E-state index in [1.54, 1.807) is 23.6 Å². The van der Waals surface area contributed by atoms with Crippen molar-refractivity contribution < 1.29 is 0 Å². The van der Waals surface area contributed by atoms with E-state index in [-0.39, 0.29) is 6.04 Å². The fourth-order valence-corrected chi connectivity index (χ4v) is 3.22. The Kier molecular flexibility index (Phi) is 4.08. The van der Waals surface area contributed by atoms with Crippen LogP contribution in [-0.4, -0.2) is 4.98 Å². The number of nitriles is 1. The van der Waals surface area contributed by atoms with E-state index in [9.17, 15) is 0 Å². The molecule has 2 aromatic rings. The van der Waals surface area contributed by atoms with Crippen molar-refractivity contribution in [1.82, 2.24) is 4.98 Å². The molecule has 0 aliphatic carbocycles. The standard InChI is InChI=1S/C14H14ClN3S/c1-8-6-12(10(3)19-8)9(2)18-14-13(15)11(7-16)4-5-17-14/h4-6,9H,1-3H3,(H,17,18). The van der Waals surface area contributed by atoms with Gasteiger partial charge in [-0.2, -0.15) is 5.26 Å². The smallest absolute Gasteiger partial charge is 0.146 e. The zero-order chi connectivity index (χ0) is 14.0. The molecular formula is C14H14ClN3S. The Morgan fingerprint density at radius 2 is 2.21 bits per heavy atom. The molecule has 3 nitrogen and oxygen atoms in total. The molecule has 2 heterocycles. The topological polar surface area (TPSA) is 48.7 Å². The van der Waals surface area contributed by atoms with Crippen LogP contribution in [0.1, 0.15) is 33.8 Å². The predicted octanol–water partition coefficient (Wildman–Crippen LogP) is 4.46. The molecule has 2 aromatic heterocycles. The second-order valence-electron chi connectivity index (χ2n) is 4.37. The lowest BCUT2D eigenvalue weighted by Gasteiger charge is -2.15. The van der Waals surface area contributed by atoms with Gasteiger partial charge in [-0.05, 0) is 38.5 Å². The number of aromatic nitrogens is 1. The molecule has 0 aliphatic heterocycles. The number of nitrogens with zero attached hydrogens (tertiary/aromatic N) is 2. The Morgan fingerprint density at radius 3 is 2.79 bits per heavy atom. The minimum absolute atomic E-state index is 0.101. The van der Waals surface area contributed by atoms with Gasteiger partial charge in [0.2, 0.25) is 0 Å². The van der Waals surface area contributed by atoms with Crippen LogP contribution in [0.2, 0.25) is 5.02 Å². The maximum Gasteiger partial charge on any atom is 0.146 e. The van der Waals surface area contributed by atoms with E-state index in [1.807, 2.05) is 0 Å². The molecule has 5 heteroatoms. The molecule has 0 fully saturated rings. The van der Waals surface area contributed by atoms with Crippen molar-refractivity contribution in [3.8, 4) is 6.07 Å². The monoisotopic (exact) mass is 291 g/mol. The minimum atomic E-state index is 0.101. The summed E-state index contributed by atoms with van der Waals surface area (Å²) in [5, 5.41) is 12.6. The lowest BCUT2D eigenvalue weighted by Crippen LogP contribution is -2.08. The van der Waals surface area contributed by atoms with Gasteiger partial charge in [-0.25, -0.2) is 4.98 Å². The molecule has 0 amide bonds. The van der Waals surface area contributed by atoms with Crippen LogP contribution in [0.25, 0.3) is 0 Å². The van der Waals surface area contributed by atoms with Gasteiger partial charge >= 0.3 is 0 Å². The first kappa shape index (κ1) is 13.9. The highest BCUT2D eigenvalue weighted by molar-refractivity contribution is 7.12. The van der Waals surface area contributed by atoms with Gasteiger partial charge < -0.3 is 5.32 Å². The third-order valence-electron chi connectivity index (χ3n) is 2.91. The van der Waals surface area contributed by atoms with Gasteiger partial charge in [0.25, 0.3) is 0 Å². The molecule has 19 heavy (non-hydrogen) atoms. The number of hydrogen-bond donors (Lipinski definition) is 1. The molecule has 0 spiro atoms. The lowest BCUT2D eigenvalue weighted by atomic mass is 10.1. The number of aryl methyl sites for hydroxylation is 2. The average molecular weight is 292 g/mol. The summed E-state index contributed by atoms with van der Waals surface area (Å²) in [6, 6.07) is 5.93. The van der Waals surface area contributed by atoms with Gasteiger partial charge in [0, 0.05) is 16.0 Å². The van der Waals surface area contributed by atoms with Crippen LogP contribution in [0.3, 0.4) is 0 Å². The minimum Gasteiger partial charge on any atom is -0.362 e. The Hall–Kier alpha value is -1.57. The second kappa shape index (κ2) is 5.60. The zero-order valence-corrected chi connectivity index (χ0v) is 12.6. The highest BCUT2D eigenvalue weighted by atomic mass is 35.5. The fourth-order valence-electron chi connectivity index (χ4n) is 1.99.